The lowest BCUT2D eigenvalue weighted by molar-refractivity contribution is -0.385. The van der Waals surface area contributed by atoms with Crippen molar-refractivity contribution in [3.63, 3.8) is 0 Å². The standard InChI is InChI=1S/C13H19N7O3/c21-13(8-18-6-12(5-15-18)20(22)23)7-17-3-1-11(2-4-17)19-10-14-9-16-19/h5-6,9-11,13,21H,1-4,7-8H2. The fourth-order valence-corrected chi connectivity index (χ4v) is 2.89. The van der Waals surface area contributed by atoms with E-state index in [-0.39, 0.29) is 12.2 Å². The topological polar surface area (TPSA) is 115 Å². The van der Waals surface area contributed by atoms with Crippen molar-refractivity contribution in [2.45, 2.75) is 31.5 Å². The Morgan fingerprint density at radius 2 is 2.13 bits per heavy atom. The van der Waals surface area contributed by atoms with Gasteiger partial charge in [0.05, 0.1) is 23.6 Å². The Hall–Kier alpha value is -2.33. The lowest BCUT2D eigenvalue weighted by Gasteiger charge is -2.32. The summed E-state index contributed by atoms with van der Waals surface area (Å²) >= 11 is 0. The molecule has 0 saturated carbocycles. The van der Waals surface area contributed by atoms with Crippen LogP contribution >= 0.6 is 0 Å². The molecular formula is C13H19N7O3. The number of likely N-dealkylation sites (tertiary alicyclic amines) is 1. The van der Waals surface area contributed by atoms with Crippen LogP contribution in [0.5, 0.6) is 0 Å². The van der Waals surface area contributed by atoms with Crippen molar-refractivity contribution in [1.82, 2.24) is 29.4 Å². The van der Waals surface area contributed by atoms with E-state index in [1.165, 1.54) is 17.1 Å². The van der Waals surface area contributed by atoms with Crippen LogP contribution in [-0.4, -0.2) is 65.2 Å². The molecule has 10 nitrogen and oxygen atoms in total. The first-order valence-electron chi connectivity index (χ1n) is 7.53. The van der Waals surface area contributed by atoms with Gasteiger partial charge in [-0.25, -0.2) is 9.67 Å². The van der Waals surface area contributed by atoms with Crippen LogP contribution in [0.4, 0.5) is 5.69 Å². The SMILES string of the molecule is O=[N+]([O-])c1cnn(CC(O)CN2CCC(n3cncn3)CC2)c1. The number of hydrogen-bond donors (Lipinski definition) is 1. The van der Waals surface area contributed by atoms with Crippen LogP contribution in [0.15, 0.2) is 25.0 Å². The normalized spacial score (nSPS) is 18.1. The number of nitrogens with zero attached hydrogens (tertiary/aromatic N) is 7. The Kier molecular flexibility index (Phi) is 4.63. The quantitative estimate of drug-likeness (QED) is 0.591. The van der Waals surface area contributed by atoms with Crippen LogP contribution in [0.1, 0.15) is 18.9 Å². The summed E-state index contributed by atoms with van der Waals surface area (Å²) in [6.45, 7) is 2.52. The number of aromatic nitrogens is 5. The number of aliphatic hydroxyl groups excluding tert-OH is 1. The van der Waals surface area contributed by atoms with Crippen molar-refractivity contribution >= 4 is 5.69 Å². The molecule has 1 aliphatic rings. The molecule has 1 atom stereocenters. The largest absolute Gasteiger partial charge is 0.390 e. The van der Waals surface area contributed by atoms with Gasteiger partial charge in [0.1, 0.15) is 25.0 Å². The summed E-state index contributed by atoms with van der Waals surface area (Å²) in [7, 11) is 0. The molecule has 1 fully saturated rings. The van der Waals surface area contributed by atoms with Crippen LogP contribution in [0.3, 0.4) is 0 Å². The predicted molar refractivity (Wildman–Crippen MR) is 79.6 cm³/mol. The molecule has 0 amide bonds. The third kappa shape index (κ3) is 3.90. The smallest absolute Gasteiger partial charge is 0.306 e. The molecule has 3 heterocycles. The van der Waals surface area contributed by atoms with Crippen molar-refractivity contribution in [3.8, 4) is 0 Å². The number of aliphatic hydroxyl groups is 1. The molecule has 0 spiro atoms. The molecular weight excluding hydrogens is 302 g/mol. The van der Waals surface area contributed by atoms with E-state index in [0.717, 1.165) is 25.9 Å². The Balaban J connectivity index is 1.45. The van der Waals surface area contributed by atoms with Crippen LogP contribution in [0, 0.1) is 10.1 Å². The monoisotopic (exact) mass is 321 g/mol. The number of rotatable bonds is 6. The van der Waals surface area contributed by atoms with E-state index in [4.69, 9.17) is 0 Å². The van der Waals surface area contributed by atoms with Crippen molar-refractivity contribution in [2.75, 3.05) is 19.6 Å². The van der Waals surface area contributed by atoms with Crippen LogP contribution in [0.25, 0.3) is 0 Å². The number of nitro groups is 1. The van der Waals surface area contributed by atoms with E-state index >= 15 is 0 Å². The van der Waals surface area contributed by atoms with E-state index in [1.54, 1.807) is 12.7 Å². The molecule has 23 heavy (non-hydrogen) atoms. The molecule has 1 N–H and O–H groups in total. The third-order valence-electron chi connectivity index (χ3n) is 4.07. The van der Waals surface area contributed by atoms with E-state index in [2.05, 4.69) is 20.1 Å². The summed E-state index contributed by atoms with van der Waals surface area (Å²) < 4.78 is 3.29. The maximum absolute atomic E-state index is 10.6. The molecule has 0 aromatic carbocycles. The highest BCUT2D eigenvalue weighted by atomic mass is 16.6. The van der Waals surface area contributed by atoms with Gasteiger partial charge in [0.15, 0.2) is 0 Å². The van der Waals surface area contributed by atoms with Gasteiger partial charge in [0, 0.05) is 19.6 Å². The van der Waals surface area contributed by atoms with E-state index < -0.39 is 11.0 Å². The third-order valence-corrected chi connectivity index (χ3v) is 4.07. The minimum Gasteiger partial charge on any atom is -0.390 e. The molecule has 0 bridgehead atoms. The summed E-state index contributed by atoms with van der Waals surface area (Å²) in [5, 5.41) is 28.8. The van der Waals surface area contributed by atoms with Crippen LogP contribution < -0.4 is 0 Å². The molecule has 0 aliphatic carbocycles. The Labute approximate surface area is 132 Å². The Bertz CT molecular complexity index is 634. The first-order valence-corrected chi connectivity index (χ1v) is 7.53. The highest BCUT2D eigenvalue weighted by Gasteiger charge is 2.23. The first-order chi connectivity index (χ1) is 11.1. The minimum atomic E-state index is -0.613. The summed E-state index contributed by atoms with van der Waals surface area (Å²) in [5.41, 5.74) is -0.0640. The molecule has 0 radical (unpaired) electrons. The second-order valence-electron chi connectivity index (χ2n) is 5.74. The van der Waals surface area contributed by atoms with Crippen molar-refractivity contribution < 1.29 is 10.0 Å². The number of piperidine rings is 1. The summed E-state index contributed by atoms with van der Waals surface area (Å²) in [4.78, 5) is 16.3. The second-order valence-corrected chi connectivity index (χ2v) is 5.74. The van der Waals surface area contributed by atoms with Crippen molar-refractivity contribution in [3.05, 3.63) is 35.2 Å². The van der Waals surface area contributed by atoms with Gasteiger partial charge in [0.2, 0.25) is 0 Å². The van der Waals surface area contributed by atoms with Gasteiger partial charge in [-0.1, -0.05) is 0 Å². The van der Waals surface area contributed by atoms with E-state index in [0.29, 0.717) is 12.6 Å². The van der Waals surface area contributed by atoms with Gasteiger partial charge in [-0.05, 0) is 12.8 Å². The van der Waals surface area contributed by atoms with Gasteiger partial charge < -0.3 is 10.0 Å². The van der Waals surface area contributed by atoms with Crippen LogP contribution in [0.2, 0.25) is 0 Å². The fourth-order valence-electron chi connectivity index (χ4n) is 2.89. The molecule has 3 rings (SSSR count). The average molecular weight is 321 g/mol. The molecule has 1 aliphatic heterocycles. The van der Waals surface area contributed by atoms with E-state index in [1.807, 2.05) is 4.68 Å². The molecule has 2 aromatic heterocycles. The minimum absolute atomic E-state index is 0.0640. The number of hydrogen-bond acceptors (Lipinski definition) is 7. The Morgan fingerprint density at radius 1 is 1.35 bits per heavy atom. The van der Waals surface area contributed by atoms with Gasteiger partial charge in [-0.15, -0.1) is 0 Å². The summed E-state index contributed by atoms with van der Waals surface area (Å²) in [5.74, 6) is 0. The lowest BCUT2D eigenvalue weighted by Crippen LogP contribution is -2.40. The zero-order valence-corrected chi connectivity index (χ0v) is 12.6. The highest BCUT2D eigenvalue weighted by molar-refractivity contribution is 5.20. The second kappa shape index (κ2) is 6.84. The zero-order valence-electron chi connectivity index (χ0n) is 12.6. The maximum atomic E-state index is 10.6. The molecule has 2 aromatic rings. The first kappa shape index (κ1) is 15.6. The predicted octanol–water partition coefficient (Wildman–Crippen LogP) is 0.0808. The van der Waals surface area contributed by atoms with Crippen molar-refractivity contribution in [1.29, 1.82) is 0 Å². The molecule has 124 valence electrons. The lowest BCUT2D eigenvalue weighted by atomic mass is 10.1. The fraction of sp³-hybridized carbons (Fsp3) is 0.615. The maximum Gasteiger partial charge on any atom is 0.306 e. The number of β-amino-alcohol motifs (C(OH)–C–C–N with tert-alkyl or cyclic N) is 1. The van der Waals surface area contributed by atoms with Gasteiger partial charge >= 0.3 is 5.69 Å². The van der Waals surface area contributed by atoms with Gasteiger partial charge in [-0.3, -0.25) is 14.8 Å². The zero-order chi connectivity index (χ0) is 16.2. The average Bonchev–Trinajstić information content (AvgIpc) is 3.19. The summed E-state index contributed by atoms with van der Waals surface area (Å²) in [6.07, 6.45) is 7.11. The van der Waals surface area contributed by atoms with E-state index in [9.17, 15) is 15.2 Å². The molecule has 1 saturated heterocycles. The van der Waals surface area contributed by atoms with Crippen LogP contribution in [-0.2, 0) is 6.54 Å². The van der Waals surface area contributed by atoms with Crippen molar-refractivity contribution in [2.24, 2.45) is 0 Å². The summed E-state index contributed by atoms with van der Waals surface area (Å²) in [6, 6.07) is 0.361. The molecule has 1 unspecified atom stereocenters. The van der Waals surface area contributed by atoms with Gasteiger partial charge in [0.25, 0.3) is 0 Å². The molecule has 10 heteroatoms. The van der Waals surface area contributed by atoms with Gasteiger partial charge in [-0.2, -0.15) is 10.2 Å². The highest BCUT2D eigenvalue weighted by Crippen LogP contribution is 2.21. The Morgan fingerprint density at radius 3 is 2.74 bits per heavy atom.